The smallest absolute Gasteiger partial charge is 0.174 e. The molecule has 0 aliphatic rings. The van der Waals surface area contributed by atoms with Crippen molar-refractivity contribution in [2.24, 2.45) is 5.73 Å². The van der Waals surface area contributed by atoms with Crippen molar-refractivity contribution in [3.63, 3.8) is 0 Å². The Balaban J connectivity index is 3.64. The fourth-order valence-corrected chi connectivity index (χ4v) is 0.895. The van der Waals surface area contributed by atoms with Crippen molar-refractivity contribution in [2.45, 2.75) is 25.8 Å². The van der Waals surface area contributed by atoms with Gasteiger partial charge in [0.1, 0.15) is 0 Å². The van der Waals surface area contributed by atoms with Gasteiger partial charge in [-0.3, -0.25) is 4.79 Å². The molecule has 0 heterocycles. The van der Waals surface area contributed by atoms with E-state index in [0.717, 1.165) is 6.42 Å². The number of carbonyl (C=O) groups is 1. The quantitative estimate of drug-likeness (QED) is 0.477. The standard InChI is InChI=1S/C9H17NO2/c1-7(2)9(11)8(10)5-4-6-12-3/h8H,1,4-6,10H2,2-3H3. The third-order valence-corrected chi connectivity index (χ3v) is 1.62. The van der Waals surface area contributed by atoms with Crippen LogP contribution >= 0.6 is 0 Å². The zero-order valence-corrected chi connectivity index (χ0v) is 7.80. The Bertz CT molecular complexity index is 166. The molecular formula is C9H17NO2. The van der Waals surface area contributed by atoms with Crippen LogP contribution in [0.15, 0.2) is 12.2 Å². The average Bonchev–Trinajstić information content (AvgIpc) is 2.03. The van der Waals surface area contributed by atoms with Crippen LogP contribution in [0.4, 0.5) is 0 Å². The molecule has 0 aliphatic heterocycles. The Morgan fingerprint density at radius 1 is 1.67 bits per heavy atom. The number of rotatable bonds is 6. The Labute approximate surface area is 73.6 Å². The Morgan fingerprint density at radius 2 is 2.25 bits per heavy atom. The van der Waals surface area contributed by atoms with Gasteiger partial charge in [-0.1, -0.05) is 6.58 Å². The maximum atomic E-state index is 11.2. The van der Waals surface area contributed by atoms with Gasteiger partial charge >= 0.3 is 0 Å². The van der Waals surface area contributed by atoms with E-state index in [9.17, 15) is 4.79 Å². The Morgan fingerprint density at radius 3 is 2.67 bits per heavy atom. The number of hydrogen-bond donors (Lipinski definition) is 1. The van der Waals surface area contributed by atoms with Gasteiger partial charge in [-0.05, 0) is 25.3 Å². The van der Waals surface area contributed by atoms with Gasteiger partial charge in [0.25, 0.3) is 0 Å². The van der Waals surface area contributed by atoms with Gasteiger partial charge in [0.05, 0.1) is 6.04 Å². The molecule has 0 rings (SSSR count). The second-order valence-electron chi connectivity index (χ2n) is 2.89. The third-order valence-electron chi connectivity index (χ3n) is 1.62. The monoisotopic (exact) mass is 171 g/mol. The summed E-state index contributed by atoms with van der Waals surface area (Å²) in [5.74, 6) is -0.0499. The average molecular weight is 171 g/mol. The normalized spacial score (nSPS) is 12.6. The van der Waals surface area contributed by atoms with Gasteiger partial charge in [-0.25, -0.2) is 0 Å². The van der Waals surface area contributed by atoms with Crippen molar-refractivity contribution >= 4 is 5.78 Å². The first-order chi connectivity index (χ1) is 5.59. The molecule has 0 saturated carbocycles. The number of nitrogens with two attached hydrogens (primary N) is 1. The first-order valence-electron chi connectivity index (χ1n) is 4.03. The minimum absolute atomic E-state index is 0.0499. The van der Waals surface area contributed by atoms with Crippen molar-refractivity contribution in [3.05, 3.63) is 12.2 Å². The maximum absolute atomic E-state index is 11.2. The highest BCUT2D eigenvalue weighted by Crippen LogP contribution is 2.01. The first kappa shape index (κ1) is 11.3. The third kappa shape index (κ3) is 4.26. The van der Waals surface area contributed by atoms with Crippen LogP contribution < -0.4 is 5.73 Å². The molecule has 3 heteroatoms. The van der Waals surface area contributed by atoms with E-state index in [-0.39, 0.29) is 5.78 Å². The van der Waals surface area contributed by atoms with Gasteiger partial charge in [0.15, 0.2) is 5.78 Å². The fourth-order valence-electron chi connectivity index (χ4n) is 0.895. The van der Waals surface area contributed by atoms with Crippen LogP contribution in [-0.4, -0.2) is 25.5 Å². The predicted octanol–water partition coefficient (Wildman–Crippen LogP) is 0.886. The van der Waals surface area contributed by atoms with Crippen LogP contribution in [-0.2, 0) is 9.53 Å². The van der Waals surface area contributed by atoms with Gasteiger partial charge in [0, 0.05) is 13.7 Å². The fraction of sp³-hybridized carbons (Fsp3) is 0.667. The van der Waals surface area contributed by atoms with E-state index in [1.807, 2.05) is 0 Å². The molecule has 0 spiro atoms. The summed E-state index contributed by atoms with van der Waals surface area (Å²) in [5, 5.41) is 0. The maximum Gasteiger partial charge on any atom is 0.174 e. The summed E-state index contributed by atoms with van der Waals surface area (Å²) < 4.78 is 4.84. The lowest BCUT2D eigenvalue weighted by Crippen LogP contribution is -2.31. The van der Waals surface area contributed by atoms with E-state index >= 15 is 0 Å². The van der Waals surface area contributed by atoms with E-state index in [1.165, 1.54) is 0 Å². The van der Waals surface area contributed by atoms with Gasteiger partial charge in [-0.2, -0.15) is 0 Å². The minimum Gasteiger partial charge on any atom is -0.385 e. The molecule has 0 aromatic carbocycles. The van der Waals surface area contributed by atoms with Crippen LogP contribution in [0.3, 0.4) is 0 Å². The van der Waals surface area contributed by atoms with E-state index in [0.29, 0.717) is 18.6 Å². The highest BCUT2D eigenvalue weighted by Gasteiger charge is 2.12. The SMILES string of the molecule is C=C(C)C(=O)C(N)CCCOC. The number of ketones is 1. The molecule has 0 amide bonds. The molecule has 1 atom stereocenters. The number of methoxy groups -OCH3 is 1. The molecule has 0 aromatic rings. The topological polar surface area (TPSA) is 52.3 Å². The van der Waals surface area contributed by atoms with Crippen LogP contribution in [0.5, 0.6) is 0 Å². The summed E-state index contributed by atoms with van der Waals surface area (Å²) in [6.45, 7) is 5.87. The van der Waals surface area contributed by atoms with Crippen LogP contribution in [0, 0.1) is 0 Å². The molecule has 1 unspecified atom stereocenters. The summed E-state index contributed by atoms with van der Waals surface area (Å²) in [6.07, 6.45) is 1.48. The number of Topliss-reactive ketones (excluding diaryl/α,β-unsaturated/α-hetero) is 1. The Kier molecular flexibility index (Phi) is 5.58. The number of carbonyl (C=O) groups excluding carboxylic acids is 1. The lowest BCUT2D eigenvalue weighted by atomic mass is 10.0. The molecule has 0 aromatic heterocycles. The molecule has 12 heavy (non-hydrogen) atoms. The summed E-state index contributed by atoms with van der Waals surface area (Å²) in [7, 11) is 1.63. The van der Waals surface area contributed by atoms with Crippen molar-refractivity contribution in [1.29, 1.82) is 0 Å². The lowest BCUT2D eigenvalue weighted by Gasteiger charge is -2.08. The lowest BCUT2D eigenvalue weighted by molar-refractivity contribution is -0.116. The number of ether oxygens (including phenoxy) is 1. The van der Waals surface area contributed by atoms with Gasteiger partial charge in [-0.15, -0.1) is 0 Å². The molecule has 2 N–H and O–H groups in total. The Hall–Kier alpha value is -0.670. The van der Waals surface area contributed by atoms with Crippen molar-refractivity contribution < 1.29 is 9.53 Å². The summed E-state index contributed by atoms with van der Waals surface area (Å²) in [4.78, 5) is 11.2. The molecule has 3 nitrogen and oxygen atoms in total. The number of hydrogen-bond acceptors (Lipinski definition) is 3. The molecule has 0 saturated heterocycles. The highest BCUT2D eigenvalue weighted by molar-refractivity contribution is 5.98. The van der Waals surface area contributed by atoms with Crippen LogP contribution in [0.1, 0.15) is 19.8 Å². The predicted molar refractivity (Wildman–Crippen MR) is 48.9 cm³/mol. The van der Waals surface area contributed by atoms with Crippen molar-refractivity contribution in [1.82, 2.24) is 0 Å². The molecule has 70 valence electrons. The highest BCUT2D eigenvalue weighted by atomic mass is 16.5. The van der Waals surface area contributed by atoms with Gasteiger partial charge in [0.2, 0.25) is 0 Å². The van der Waals surface area contributed by atoms with Crippen molar-refractivity contribution in [2.75, 3.05) is 13.7 Å². The molecule has 0 bridgehead atoms. The van der Waals surface area contributed by atoms with E-state index in [4.69, 9.17) is 10.5 Å². The summed E-state index contributed by atoms with van der Waals surface area (Å²) >= 11 is 0. The second kappa shape index (κ2) is 5.91. The van der Waals surface area contributed by atoms with E-state index in [1.54, 1.807) is 14.0 Å². The molecule has 0 aliphatic carbocycles. The van der Waals surface area contributed by atoms with Gasteiger partial charge < -0.3 is 10.5 Å². The first-order valence-corrected chi connectivity index (χ1v) is 4.03. The molecular weight excluding hydrogens is 154 g/mol. The van der Waals surface area contributed by atoms with Crippen molar-refractivity contribution in [3.8, 4) is 0 Å². The molecule has 0 radical (unpaired) electrons. The van der Waals surface area contributed by atoms with Crippen LogP contribution in [0.25, 0.3) is 0 Å². The minimum atomic E-state index is -0.405. The zero-order chi connectivity index (χ0) is 9.56. The van der Waals surface area contributed by atoms with E-state index < -0.39 is 6.04 Å². The molecule has 0 fully saturated rings. The van der Waals surface area contributed by atoms with E-state index in [2.05, 4.69) is 6.58 Å². The summed E-state index contributed by atoms with van der Waals surface area (Å²) in [5.41, 5.74) is 6.12. The second-order valence-corrected chi connectivity index (χ2v) is 2.89. The summed E-state index contributed by atoms with van der Waals surface area (Å²) in [6, 6.07) is -0.405. The zero-order valence-electron chi connectivity index (χ0n) is 7.80. The largest absolute Gasteiger partial charge is 0.385 e. The van der Waals surface area contributed by atoms with Crippen LogP contribution in [0.2, 0.25) is 0 Å².